The molecule has 0 aliphatic heterocycles. The highest BCUT2D eigenvalue weighted by molar-refractivity contribution is 5.81. The van der Waals surface area contributed by atoms with Gasteiger partial charge in [0.1, 0.15) is 5.75 Å². The van der Waals surface area contributed by atoms with E-state index in [-0.39, 0.29) is 11.9 Å². The number of rotatable bonds is 5. The van der Waals surface area contributed by atoms with Crippen molar-refractivity contribution in [3.8, 4) is 5.75 Å². The van der Waals surface area contributed by atoms with Crippen molar-refractivity contribution in [2.45, 2.75) is 64.1 Å². The summed E-state index contributed by atoms with van der Waals surface area (Å²) < 4.78 is 5.74. The first-order valence-corrected chi connectivity index (χ1v) is 7.89. The van der Waals surface area contributed by atoms with E-state index in [4.69, 9.17) is 10.5 Å². The van der Waals surface area contributed by atoms with Gasteiger partial charge in [-0.15, -0.1) is 0 Å². The number of benzene rings is 1. The fourth-order valence-electron chi connectivity index (χ4n) is 2.69. The second-order valence-corrected chi connectivity index (χ2v) is 5.96. The van der Waals surface area contributed by atoms with Gasteiger partial charge in [-0.3, -0.25) is 4.79 Å². The van der Waals surface area contributed by atoms with E-state index in [0.717, 1.165) is 18.4 Å². The van der Waals surface area contributed by atoms with Crippen molar-refractivity contribution < 1.29 is 9.53 Å². The Kier molecular flexibility index (Phi) is 5.62. The van der Waals surface area contributed by atoms with E-state index >= 15 is 0 Å². The number of carbonyl (C=O) groups excluding carboxylic acids is 1. The minimum atomic E-state index is -0.491. The molecule has 0 saturated heterocycles. The highest BCUT2D eigenvalue weighted by Gasteiger charge is 2.20. The molecule has 0 bridgehead atoms. The van der Waals surface area contributed by atoms with Crippen LogP contribution in [0.2, 0.25) is 0 Å². The lowest BCUT2D eigenvalue weighted by molar-refractivity contribution is -0.128. The average Bonchev–Trinajstić information content (AvgIpc) is 2.48. The number of carbonyl (C=O) groups is 1. The van der Waals surface area contributed by atoms with Crippen LogP contribution in [0.3, 0.4) is 0 Å². The second-order valence-electron chi connectivity index (χ2n) is 5.96. The fourth-order valence-corrected chi connectivity index (χ4v) is 2.69. The summed E-state index contributed by atoms with van der Waals surface area (Å²) in [5.74, 6) is 0.657. The molecule has 21 heavy (non-hydrogen) atoms. The van der Waals surface area contributed by atoms with Crippen LogP contribution in [-0.4, -0.2) is 18.1 Å². The SMILES string of the molecule is CC(Oc1cccc(C(C)N)c1)C(=O)NC1CCCCC1. The van der Waals surface area contributed by atoms with Gasteiger partial charge in [0.2, 0.25) is 0 Å². The smallest absolute Gasteiger partial charge is 0.260 e. The molecule has 0 aromatic heterocycles. The van der Waals surface area contributed by atoms with Crippen LogP contribution >= 0.6 is 0 Å². The molecule has 2 unspecified atom stereocenters. The van der Waals surface area contributed by atoms with Gasteiger partial charge in [-0.1, -0.05) is 31.4 Å². The molecule has 2 rings (SSSR count). The maximum atomic E-state index is 12.2. The molecule has 1 aromatic rings. The van der Waals surface area contributed by atoms with Crippen LogP contribution in [0, 0.1) is 0 Å². The zero-order valence-electron chi connectivity index (χ0n) is 13.0. The van der Waals surface area contributed by atoms with Crippen LogP contribution in [0.15, 0.2) is 24.3 Å². The molecule has 0 radical (unpaired) electrons. The van der Waals surface area contributed by atoms with Crippen molar-refractivity contribution in [1.29, 1.82) is 0 Å². The zero-order chi connectivity index (χ0) is 15.2. The van der Waals surface area contributed by atoms with Gasteiger partial charge in [0.15, 0.2) is 6.10 Å². The van der Waals surface area contributed by atoms with E-state index < -0.39 is 6.10 Å². The number of amides is 1. The molecule has 0 spiro atoms. The Balaban J connectivity index is 1.89. The largest absolute Gasteiger partial charge is 0.481 e. The molecule has 4 heteroatoms. The lowest BCUT2D eigenvalue weighted by Crippen LogP contribution is -2.43. The van der Waals surface area contributed by atoms with Crippen molar-refractivity contribution in [3.63, 3.8) is 0 Å². The van der Waals surface area contributed by atoms with Gasteiger partial charge in [-0.2, -0.15) is 0 Å². The molecule has 116 valence electrons. The summed E-state index contributed by atoms with van der Waals surface area (Å²) in [6.07, 6.45) is 5.36. The molecule has 2 atom stereocenters. The van der Waals surface area contributed by atoms with E-state index in [9.17, 15) is 4.79 Å². The molecule has 1 aromatic carbocycles. The zero-order valence-corrected chi connectivity index (χ0v) is 13.0. The lowest BCUT2D eigenvalue weighted by Gasteiger charge is -2.24. The highest BCUT2D eigenvalue weighted by atomic mass is 16.5. The summed E-state index contributed by atoms with van der Waals surface area (Å²) in [5.41, 5.74) is 6.87. The van der Waals surface area contributed by atoms with E-state index in [2.05, 4.69) is 5.32 Å². The predicted octanol–water partition coefficient (Wildman–Crippen LogP) is 2.92. The summed E-state index contributed by atoms with van der Waals surface area (Å²) in [6.45, 7) is 3.72. The Labute approximate surface area is 127 Å². The second kappa shape index (κ2) is 7.46. The van der Waals surface area contributed by atoms with Crippen molar-refractivity contribution in [2.75, 3.05) is 0 Å². The van der Waals surface area contributed by atoms with E-state index in [1.165, 1.54) is 19.3 Å². The minimum absolute atomic E-state index is 0.0342. The van der Waals surface area contributed by atoms with Crippen LogP contribution in [0.1, 0.15) is 57.6 Å². The first kappa shape index (κ1) is 15.8. The number of hydrogen-bond acceptors (Lipinski definition) is 3. The van der Waals surface area contributed by atoms with Crippen molar-refractivity contribution in [1.82, 2.24) is 5.32 Å². The van der Waals surface area contributed by atoms with Gasteiger partial charge in [0, 0.05) is 12.1 Å². The van der Waals surface area contributed by atoms with Gasteiger partial charge in [0.05, 0.1) is 0 Å². The Morgan fingerprint density at radius 2 is 2.00 bits per heavy atom. The topological polar surface area (TPSA) is 64.3 Å². The van der Waals surface area contributed by atoms with Crippen LogP contribution in [0.5, 0.6) is 5.75 Å². The van der Waals surface area contributed by atoms with Gasteiger partial charge in [0.25, 0.3) is 5.91 Å². The monoisotopic (exact) mass is 290 g/mol. The standard InChI is InChI=1S/C17H26N2O2/c1-12(18)14-7-6-10-16(11-14)21-13(2)17(20)19-15-8-4-3-5-9-15/h6-7,10-13,15H,3-5,8-9,18H2,1-2H3,(H,19,20). The van der Waals surface area contributed by atoms with E-state index in [1.54, 1.807) is 6.92 Å². The molecule has 4 nitrogen and oxygen atoms in total. The molecular formula is C17H26N2O2. The fraction of sp³-hybridized carbons (Fsp3) is 0.588. The highest BCUT2D eigenvalue weighted by Crippen LogP contribution is 2.20. The third-order valence-corrected chi connectivity index (χ3v) is 4.02. The van der Waals surface area contributed by atoms with Crippen LogP contribution in [0.4, 0.5) is 0 Å². The Bertz CT molecular complexity index is 468. The third kappa shape index (κ3) is 4.74. The number of ether oxygens (including phenoxy) is 1. The lowest BCUT2D eigenvalue weighted by atomic mass is 9.95. The first-order valence-electron chi connectivity index (χ1n) is 7.89. The normalized spacial score (nSPS) is 18.8. The molecule has 1 amide bonds. The number of hydrogen-bond donors (Lipinski definition) is 2. The molecular weight excluding hydrogens is 264 g/mol. The molecule has 1 fully saturated rings. The summed E-state index contributed by atoms with van der Waals surface area (Å²) in [6, 6.07) is 7.89. The molecule has 1 aliphatic rings. The Hall–Kier alpha value is -1.55. The van der Waals surface area contributed by atoms with Crippen molar-refractivity contribution >= 4 is 5.91 Å². The quantitative estimate of drug-likeness (QED) is 0.876. The van der Waals surface area contributed by atoms with Gasteiger partial charge in [-0.25, -0.2) is 0 Å². The summed E-state index contributed by atoms with van der Waals surface area (Å²) in [7, 11) is 0. The summed E-state index contributed by atoms with van der Waals surface area (Å²) in [4.78, 5) is 12.2. The molecule has 1 saturated carbocycles. The van der Waals surface area contributed by atoms with Crippen LogP contribution < -0.4 is 15.8 Å². The Morgan fingerprint density at radius 1 is 1.29 bits per heavy atom. The summed E-state index contributed by atoms with van der Waals surface area (Å²) >= 11 is 0. The minimum Gasteiger partial charge on any atom is -0.481 e. The maximum Gasteiger partial charge on any atom is 0.260 e. The average molecular weight is 290 g/mol. The van der Waals surface area contributed by atoms with E-state index in [1.807, 2.05) is 31.2 Å². The van der Waals surface area contributed by atoms with Gasteiger partial charge in [-0.05, 0) is 44.4 Å². The van der Waals surface area contributed by atoms with Crippen LogP contribution in [0.25, 0.3) is 0 Å². The summed E-state index contributed by atoms with van der Waals surface area (Å²) in [5, 5.41) is 3.09. The molecule has 3 N–H and O–H groups in total. The number of nitrogens with one attached hydrogen (secondary N) is 1. The van der Waals surface area contributed by atoms with Gasteiger partial charge < -0.3 is 15.8 Å². The predicted molar refractivity (Wildman–Crippen MR) is 84.2 cm³/mol. The molecule has 0 heterocycles. The third-order valence-electron chi connectivity index (χ3n) is 4.02. The van der Waals surface area contributed by atoms with Crippen molar-refractivity contribution in [2.24, 2.45) is 5.73 Å². The van der Waals surface area contributed by atoms with Gasteiger partial charge >= 0.3 is 0 Å². The number of nitrogens with two attached hydrogens (primary N) is 1. The first-order chi connectivity index (χ1) is 10.1. The van der Waals surface area contributed by atoms with E-state index in [0.29, 0.717) is 11.8 Å². The van der Waals surface area contributed by atoms with Crippen molar-refractivity contribution in [3.05, 3.63) is 29.8 Å². The Morgan fingerprint density at radius 3 is 2.67 bits per heavy atom. The van der Waals surface area contributed by atoms with Crippen LogP contribution in [-0.2, 0) is 4.79 Å². The maximum absolute atomic E-state index is 12.2. The molecule has 1 aliphatic carbocycles.